The molecule has 0 heterocycles. The summed E-state index contributed by atoms with van der Waals surface area (Å²) in [6.07, 6.45) is 4.82. The van der Waals surface area contributed by atoms with Crippen LogP contribution in [0.25, 0.3) is 0 Å². The average molecular weight is 417 g/mol. The Labute approximate surface area is 172 Å². The van der Waals surface area contributed by atoms with Crippen molar-refractivity contribution in [2.45, 2.75) is 56.9 Å². The number of aryl methyl sites for hydroxylation is 2. The van der Waals surface area contributed by atoms with Gasteiger partial charge in [0.05, 0.1) is 7.11 Å². The van der Waals surface area contributed by atoms with Crippen LogP contribution < -0.4 is 14.8 Å². The number of hydrogen-bond acceptors (Lipinski definition) is 4. The third kappa shape index (κ3) is 4.97. The van der Waals surface area contributed by atoms with E-state index in [0.717, 1.165) is 48.9 Å². The lowest BCUT2D eigenvalue weighted by atomic mass is 9.96. The number of ether oxygens (including phenoxy) is 1. The first-order chi connectivity index (χ1) is 13.8. The molecule has 0 spiro atoms. The molecule has 0 bridgehead atoms. The minimum Gasteiger partial charge on any atom is -0.495 e. The molecule has 0 aromatic heterocycles. The summed E-state index contributed by atoms with van der Waals surface area (Å²) in [6.45, 7) is 3.83. The van der Waals surface area contributed by atoms with Gasteiger partial charge in [0.15, 0.2) is 0 Å². The van der Waals surface area contributed by atoms with Crippen molar-refractivity contribution in [1.29, 1.82) is 0 Å². The van der Waals surface area contributed by atoms with Gasteiger partial charge in [-0.25, -0.2) is 13.1 Å². The number of hydrogen-bond donors (Lipinski definition) is 2. The summed E-state index contributed by atoms with van der Waals surface area (Å²) in [5, 5.41) is 2.90. The van der Waals surface area contributed by atoms with Gasteiger partial charge in [-0.15, -0.1) is 0 Å². The molecule has 6 nitrogen and oxygen atoms in total. The van der Waals surface area contributed by atoms with Crippen LogP contribution in [0.5, 0.6) is 5.75 Å². The van der Waals surface area contributed by atoms with Crippen LogP contribution >= 0.6 is 0 Å². The highest BCUT2D eigenvalue weighted by Gasteiger charge is 2.26. The number of rotatable bonds is 6. The van der Waals surface area contributed by atoms with Gasteiger partial charge in [0, 0.05) is 17.3 Å². The molecular formula is C22H28N2O4S. The first-order valence-electron chi connectivity index (χ1n) is 9.90. The molecule has 1 aliphatic rings. The van der Waals surface area contributed by atoms with Crippen LogP contribution in [0.4, 0.5) is 5.69 Å². The SMILES string of the molecule is COc1ccc(C(=O)Nc2c(C)cccc2C)cc1S(=O)(=O)NC1CCCCC1. The molecule has 0 saturated heterocycles. The van der Waals surface area contributed by atoms with E-state index in [0.29, 0.717) is 0 Å². The van der Waals surface area contributed by atoms with Gasteiger partial charge < -0.3 is 10.1 Å². The lowest BCUT2D eigenvalue weighted by molar-refractivity contribution is 0.102. The highest BCUT2D eigenvalue weighted by atomic mass is 32.2. The molecule has 0 atom stereocenters. The van der Waals surface area contributed by atoms with Crippen molar-refractivity contribution in [1.82, 2.24) is 4.72 Å². The molecule has 2 N–H and O–H groups in total. The van der Waals surface area contributed by atoms with E-state index in [4.69, 9.17) is 4.74 Å². The van der Waals surface area contributed by atoms with Crippen LogP contribution in [-0.4, -0.2) is 27.5 Å². The molecule has 3 rings (SSSR count). The minimum absolute atomic E-state index is 0.0141. The van der Waals surface area contributed by atoms with Crippen LogP contribution in [0.3, 0.4) is 0 Å². The number of nitrogens with one attached hydrogen (secondary N) is 2. The van der Waals surface area contributed by atoms with Crippen molar-refractivity contribution in [3.63, 3.8) is 0 Å². The number of methoxy groups -OCH3 is 1. The Kier molecular flexibility index (Phi) is 6.59. The van der Waals surface area contributed by atoms with E-state index >= 15 is 0 Å². The zero-order valence-corrected chi connectivity index (χ0v) is 17.9. The molecule has 1 amide bonds. The van der Waals surface area contributed by atoms with Crippen LogP contribution in [0.15, 0.2) is 41.3 Å². The maximum Gasteiger partial charge on any atom is 0.255 e. The van der Waals surface area contributed by atoms with Gasteiger partial charge in [-0.05, 0) is 56.0 Å². The normalized spacial score (nSPS) is 15.1. The Morgan fingerprint density at radius 2 is 1.69 bits per heavy atom. The molecule has 0 aliphatic heterocycles. The van der Waals surface area contributed by atoms with Crippen molar-refractivity contribution in [3.8, 4) is 5.75 Å². The Morgan fingerprint density at radius 1 is 1.03 bits per heavy atom. The summed E-state index contributed by atoms with van der Waals surface area (Å²) in [5.41, 5.74) is 2.88. The number of amides is 1. The van der Waals surface area contributed by atoms with E-state index in [-0.39, 0.29) is 28.2 Å². The van der Waals surface area contributed by atoms with Crippen molar-refractivity contribution in [3.05, 3.63) is 53.1 Å². The number of carbonyl (C=O) groups excluding carboxylic acids is 1. The van der Waals surface area contributed by atoms with E-state index in [2.05, 4.69) is 10.0 Å². The predicted molar refractivity (Wildman–Crippen MR) is 114 cm³/mol. The summed E-state index contributed by atoms with van der Waals surface area (Å²) in [4.78, 5) is 12.8. The maximum atomic E-state index is 13.0. The monoisotopic (exact) mass is 416 g/mol. The second-order valence-electron chi connectivity index (χ2n) is 7.54. The summed E-state index contributed by atoms with van der Waals surface area (Å²) in [7, 11) is -2.38. The topological polar surface area (TPSA) is 84.5 Å². The van der Waals surface area contributed by atoms with E-state index in [1.54, 1.807) is 6.07 Å². The van der Waals surface area contributed by atoms with Crippen molar-refractivity contribution >= 4 is 21.6 Å². The molecule has 156 valence electrons. The molecule has 0 radical (unpaired) electrons. The third-order valence-corrected chi connectivity index (χ3v) is 6.90. The Balaban J connectivity index is 1.89. The Hall–Kier alpha value is -2.38. The Morgan fingerprint density at radius 3 is 2.31 bits per heavy atom. The van der Waals surface area contributed by atoms with E-state index in [9.17, 15) is 13.2 Å². The molecule has 0 unspecified atom stereocenters. The fourth-order valence-corrected chi connectivity index (χ4v) is 5.23. The third-order valence-electron chi connectivity index (χ3n) is 5.36. The second-order valence-corrected chi connectivity index (χ2v) is 9.23. The van der Waals surface area contributed by atoms with Gasteiger partial charge in [-0.1, -0.05) is 37.5 Å². The van der Waals surface area contributed by atoms with E-state index in [1.807, 2.05) is 32.0 Å². The average Bonchev–Trinajstić information content (AvgIpc) is 2.70. The lowest BCUT2D eigenvalue weighted by Crippen LogP contribution is -2.36. The summed E-state index contributed by atoms with van der Waals surface area (Å²) in [5.74, 6) is -0.142. The molecule has 1 aliphatic carbocycles. The van der Waals surface area contributed by atoms with E-state index < -0.39 is 10.0 Å². The number of sulfonamides is 1. The van der Waals surface area contributed by atoms with Crippen molar-refractivity contribution in [2.75, 3.05) is 12.4 Å². The number of para-hydroxylation sites is 1. The standard InChI is InChI=1S/C22H28N2O4S/c1-15-8-7-9-16(2)21(15)23-22(25)17-12-13-19(28-3)20(14-17)29(26,27)24-18-10-5-4-6-11-18/h7-9,12-14,18,24H,4-6,10-11H2,1-3H3,(H,23,25). The molecule has 7 heteroatoms. The zero-order valence-electron chi connectivity index (χ0n) is 17.1. The molecule has 1 fully saturated rings. The van der Waals surface area contributed by atoms with Crippen LogP contribution in [0, 0.1) is 13.8 Å². The van der Waals surface area contributed by atoms with Crippen LogP contribution in [0.2, 0.25) is 0 Å². The predicted octanol–water partition coefficient (Wildman–Crippen LogP) is 4.18. The minimum atomic E-state index is -3.80. The summed E-state index contributed by atoms with van der Waals surface area (Å²) >= 11 is 0. The van der Waals surface area contributed by atoms with Crippen molar-refractivity contribution < 1.29 is 17.9 Å². The van der Waals surface area contributed by atoms with Crippen LogP contribution in [-0.2, 0) is 10.0 Å². The van der Waals surface area contributed by atoms with Gasteiger partial charge in [-0.2, -0.15) is 0 Å². The Bertz CT molecular complexity index is 976. The molecule has 2 aromatic rings. The first kappa shape index (κ1) is 21.3. The van der Waals surface area contributed by atoms with Gasteiger partial charge in [0.1, 0.15) is 10.6 Å². The van der Waals surface area contributed by atoms with Gasteiger partial charge in [0.2, 0.25) is 10.0 Å². The quantitative estimate of drug-likeness (QED) is 0.740. The fourth-order valence-electron chi connectivity index (χ4n) is 3.73. The van der Waals surface area contributed by atoms with Crippen molar-refractivity contribution in [2.24, 2.45) is 0 Å². The fraction of sp³-hybridized carbons (Fsp3) is 0.409. The van der Waals surface area contributed by atoms with Gasteiger partial charge in [-0.3, -0.25) is 4.79 Å². The van der Waals surface area contributed by atoms with Gasteiger partial charge >= 0.3 is 0 Å². The summed E-state index contributed by atoms with van der Waals surface area (Å²) < 4.78 is 34.0. The first-order valence-corrected chi connectivity index (χ1v) is 11.4. The smallest absolute Gasteiger partial charge is 0.255 e. The number of anilines is 1. The number of benzene rings is 2. The van der Waals surface area contributed by atoms with Gasteiger partial charge in [0.25, 0.3) is 5.91 Å². The number of carbonyl (C=O) groups is 1. The zero-order chi connectivity index (χ0) is 21.0. The highest BCUT2D eigenvalue weighted by molar-refractivity contribution is 7.89. The molecule has 29 heavy (non-hydrogen) atoms. The molecular weight excluding hydrogens is 388 g/mol. The maximum absolute atomic E-state index is 13.0. The highest BCUT2D eigenvalue weighted by Crippen LogP contribution is 2.28. The lowest BCUT2D eigenvalue weighted by Gasteiger charge is -2.23. The van der Waals surface area contributed by atoms with Crippen LogP contribution in [0.1, 0.15) is 53.6 Å². The second kappa shape index (κ2) is 8.97. The molecule has 2 aromatic carbocycles. The molecule has 1 saturated carbocycles. The van der Waals surface area contributed by atoms with E-state index in [1.165, 1.54) is 19.2 Å². The summed E-state index contributed by atoms with van der Waals surface area (Å²) in [6, 6.07) is 10.2. The largest absolute Gasteiger partial charge is 0.495 e.